The van der Waals surface area contributed by atoms with Crippen molar-refractivity contribution < 1.29 is 14.3 Å². The molecule has 1 amide bonds. The molecule has 1 aromatic heterocycles. The highest BCUT2D eigenvalue weighted by atomic mass is 16.6. The molecule has 0 aliphatic carbocycles. The zero-order valence-corrected chi connectivity index (χ0v) is 15.6. The van der Waals surface area contributed by atoms with Crippen molar-refractivity contribution in [2.24, 2.45) is 0 Å². The fourth-order valence-corrected chi connectivity index (χ4v) is 3.11. The van der Waals surface area contributed by atoms with Crippen LogP contribution in [0.2, 0.25) is 0 Å². The zero-order chi connectivity index (χ0) is 19.3. The number of benzene rings is 2. The van der Waals surface area contributed by atoms with Crippen LogP contribution in [0, 0.1) is 0 Å². The highest BCUT2D eigenvalue weighted by Crippen LogP contribution is 2.33. The van der Waals surface area contributed by atoms with E-state index in [0.29, 0.717) is 36.9 Å². The Morgan fingerprint density at radius 2 is 1.82 bits per heavy atom. The van der Waals surface area contributed by atoms with E-state index in [1.54, 1.807) is 23.2 Å². The van der Waals surface area contributed by atoms with E-state index in [1.165, 1.54) is 0 Å². The Balaban J connectivity index is 1.55. The first-order chi connectivity index (χ1) is 13.7. The van der Waals surface area contributed by atoms with Gasteiger partial charge in [0.05, 0.1) is 0 Å². The Morgan fingerprint density at radius 3 is 2.61 bits per heavy atom. The summed E-state index contributed by atoms with van der Waals surface area (Å²) in [4.78, 5) is 19.1. The van der Waals surface area contributed by atoms with Crippen LogP contribution in [-0.4, -0.2) is 30.6 Å². The molecule has 4 rings (SSSR count). The summed E-state index contributed by atoms with van der Waals surface area (Å²) in [6, 6.07) is 18.7. The number of amides is 1. The third-order valence-corrected chi connectivity index (χ3v) is 4.45. The van der Waals surface area contributed by atoms with Crippen molar-refractivity contribution in [3.8, 4) is 11.5 Å². The number of aromatic nitrogens is 1. The Kier molecular flexibility index (Phi) is 5.10. The molecule has 1 aliphatic heterocycles. The first-order valence-electron chi connectivity index (χ1n) is 9.24. The van der Waals surface area contributed by atoms with Crippen LogP contribution in [0.15, 0.2) is 66.9 Å². The summed E-state index contributed by atoms with van der Waals surface area (Å²) in [6.07, 6.45) is 1.63. The molecule has 1 N–H and O–H groups in total. The molecule has 0 saturated heterocycles. The number of pyridine rings is 1. The minimum atomic E-state index is -0.0682. The van der Waals surface area contributed by atoms with Gasteiger partial charge >= 0.3 is 0 Å². The molecule has 0 unspecified atom stereocenters. The normalized spacial score (nSPS) is 12.3. The van der Waals surface area contributed by atoms with Gasteiger partial charge in [-0.3, -0.25) is 4.79 Å². The second-order valence-corrected chi connectivity index (χ2v) is 6.30. The summed E-state index contributed by atoms with van der Waals surface area (Å²) in [5.74, 6) is 1.95. The number of carbonyl (C=O) groups excluding carboxylic acids is 1. The average Bonchev–Trinajstić information content (AvgIpc) is 2.75. The number of hydrogen-bond acceptors (Lipinski definition) is 5. The summed E-state index contributed by atoms with van der Waals surface area (Å²) in [6.45, 7) is 3.63. The van der Waals surface area contributed by atoms with E-state index in [2.05, 4.69) is 10.3 Å². The molecule has 6 heteroatoms. The number of ether oxygens (including phenoxy) is 2. The first-order valence-corrected chi connectivity index (χ1v) is 9.24. The molecule has 28 heavy (non-hydrogen) atoms. The molecular formula is C22H21N3O3. The number of nitrogens with zero attached hydrogens (tertiary/aromatic N) is 2. The van der Waals surface area contributed by atoms with Crippen LogP contribution in [0.4, 0.5) is 17.2 Å². The van der Waals surface area contributed by atoms with E-state index in [1.807, 2.05) is 55.5 Å². The number of para-hydroxylation sites is 1. The Hall–Kier alpha value is -3.54. The average molecular weight is 375 g/mol. The molecule has 0 bridgehead atoms. The van der Waals surface area contributed by atoms with Gasteiger partial charge in [0.25, 0.3) is 5.91 Å². The molecule has 0 atom stereocenters. The fraction of sp³-hybridized carbons (Fsp3) is 0.182. The van der Waals surface area contributed by atoms with Gasteiger partial charge < -0.3 is 19.7 Å². The van der Waals surface area contributed by atoms with Gasteiger partial charge in [0.15, 0.2) is 11.5 Å². The van der Waals surface area contributed by atoms with Gasteiger partial charge in [-0.05, 0) is 43.3 Å². The molecule has 0 fully saturated rings. The highest BCUT2D eigenvalue weighted by Gasteiger charge is 2.17. The molecule has 1 aliphatic rings. The monoisotopic (exact) mass is 375 g/mol. The van der Waals surface area contributed by atoms with E-state index >= 15 is 0 Å². The molecule has 0 radical (unpaired) electrons. The highest BCUT2D eigenvalue weighted by molar-refractivity contribution is 6.06. The minimum Gasteiger partial charge on any atom is -0.486 e. The van der Waals surface area contributed by atoms with E-state index in [9.17, 15) is 4.79 Å². The van der Waals surface area contributed by atoms with Crippen molar-refractivity contribution >= 4 is 23.1 Å². The Bertz CT molecular complexity index is 976. The van der Waals surface area contributed by atoms with Gasteiger partial charge in [0.2, 0.25) is 0 Å². The summed E-state index contributed by atoms with van der Waals surface area (Å²) in [5.41, 5.74) is 2.26. The number of fused-ring (bicyclic) bond motifs is 1. The second kappa shape index (κ2) is 8.00. The summed E-state index contributed by atoms with van der Waals surface area (Å²) >= 11 is 0. The third-order valence-electron chi connectivity index (χ3n) is 4.45. The molecular weight excluding hydrogens is 354 g/mol. The van der Waals surface area contributed by atoms with Gasteiger partial charge in [-0.25, -0.2) is 4.98 Å². The van der Waals surface area contributed by atoms with Crippen molar-refractivity contribution in [3.63, 3.8) is 0 Å². The van der Waals surface area contributed by atoms with Crippen LogP contribution in [0.1, 0.15) is 17.3 Å². The topological polar surface area (TPSA) is 63.7 Å². The van der Waals surface area contributed by atoms with Crippen molar-refractivity contribution in [1.82, 2.24) is 4.98 Å². The lowest BCUT2D eigenvalue weighted by molar-refractivity contribution is 0.0988. The molecule has 3 aromatic rings. The van der Waals surface area contributed by atoms with Crippen LogP contribution < -0.4 is 19.7 Å². The first kappa shape index (κ1) is 17.9. The van der Waals surface area contributed by atoms with Gasteiger partial charge in [0, 0.05) is 35.7 Å². The van der Waals surface area contributed by atoms with Crippen LogP contribution in [0.3, 0.4) is 0 Å². The van der Waals surface area contributed by atoms with Crippen LogP contribution in [0.5, 0.6) is 11.5 Å². The predicted molar refractivity (Wildman–Crippen MR) is 109 cm³/mol. The number of carbonyl (C=O) groups is 1. The molecule has 0 saturated carbocycles. The van der Waals surface area contributed by atoms with Crippen LogP contribution >= 0.6 is 0 Å². The SMILES string of the molecule is CCN(C(=O)c1ccnc(Nc2ccc3c(c2)OCCO3)c1)c1ccccc1. The maximum atomic E-state index is 13.0. The molecule has 2 heterocycles. The van der Waals surface area contributed by atoms with E-state index in [-0.39, 0.29) is 5.91 Å². The smallest absolute Gasteiger partial charge is 0.258 e. The molecule has 0 spiro atoms. The Morgan fingerprint density at radius 1 is 1.04 bits per heavy atom. The van der Waals surface area contributed by atoms with Gasteiger partial charge in [0.1, 0.15) is 19.0 Å². The molecule has 142 valence electrons. The lowest BCUT2D eigenvalue weighted by Gasteiger charge is -2.21. The molecule has 2 aromatic carbocycles. The van der Waals surface area contributed by atoms with E-state index in [0.717, 1.165) is 17.1 Å². The van der Waals surface area contributed by atoms with Crippen LogP contribution in [0.25, 0.3) is 0 Å². The van der Waals surface area contributed by atoms with Crippen molar-refractivity contribution in [1.29, 1.82) is 0 Å². The zero-order valence-electron chi connectivity index (χ0n) is 15.6. The lowest BCUT2D eigenvalue weighted by Crippen LogP contribution is -2.30. The largest absolute Gasteiger partial charge is 0.486 e. The predicted octanol–water partition coefficient (Wildman–Crippen LogP) is 4.26. The van der Waals surface area contributed by atoms with Crippen molar-refractivity contribution in [3.05, 3.63) is 72.4 Å². The number of hydrogen-bond donors (Lipinski definition) is 1. The second-order valence-electron chi connectivity index (χ2n) is 6.30. The summed E-state index contributed by atoms with van der Waals surface area (Å²) in [7, 11) is 0. The number of nitrogens with one attached hydrogen (secondary N) is 1. The van der Waals surface area contributed by atoms with Gasteiger partial charge in [-0.15, -0.1) is 0 Å². The minimum absolute atomic E-state index is 0.0682. The standard InChI is InChI=1S/C22H21N3O3/c1-2-25(18-6-4-3-5-7-18)22(26)16-10-11-23-21(14-16)24-17-8-9-19-20(15-17)28-13-12-27-19/h3-11,14-15H,2,12-13H2,1H3,(H,23,24). The quantitative estimate of drug-likeness (QED) is 0.722. The maximum Gasteiger partial charge on any atom is 0.258 e. The van der Waals surface area contributed by atoms with Gasteiger partial charge in [-0.2, -0.15) is 0 Å². The number of rotatable bonds is 5. The maximum absolute atomic E-state index is 13.0. The van der Waals surface area contributed by atoms with Crippen molar-refractivity contribution in [2.75, 3.05) is 30.0 Å². The lowest BCUT2D eigenvalue weighted by atomic mass is 10.2. The van der Waals surface area contributed by atoms with Crippen molar-refractivity contribution in [2.45, 2.75) is 6.92 Å². The van der Waals surface area contributed by atoms with E-state index < -0.39 is 0 Å². The Labute approximate surface area is 163 Å². The van der Waals surface area contributed by atoms with E-state index in [4.69, 9.17) is 9.47 Å². The number of anilines is 3. The van der Waals surface area contributed by atoms with Gasteiger partial charge in [-0.1, -0.05) is 18.2 Å². The fourth-order valence-electron chi connectivity index (χ4n) is 3.11. The third kappa shape index (κ3) is 3.76. The van der Waals surface area contributed by atoms with Crippen LogP contribution in [-0.2, 0) is 0 Å². The summed E-state index contributed by atoms with van der Waals surface area (Å²) in [5, 5.41) is 3.23. The molecule has 6 nitrogen and oxygen atoms in total. The summed E-state index contributed by atoms with van der Waals surface area (Å²) < 4.78 is 11.2.